The van der Waals surface area contributed by atoms with E-state index in [-0.39, 0.29) is 6.61 Å². The average molecular weight is 330 g/mol. The highest BCUT2D eigenvalue weighted by molar-refractivity contribution is 5.87. The van der Waals surface area contributed by atoms with Crippen LogP contribution >= 0.6 is 0 Å². The molecule has 0 bridgehead atoms. The Balaban J connectivity index is 1.90. The largest absolute Gasteiger partial charge is 0.490 e. The van der Waals surface area contributed by atoms with Gasteiger partial charge in [-0.05, 0) is 65.3 Å². The van der Waals surface area contributed by atoms with Crippen LogP contribution in [-0.2, 0) is 6.42 Å². The molecule has 0 heterocycles. The number of ether oxygens (including phenoxy) is 1. The Morgan fingerprint density at radius 2 is 1.60 bits per heavy atom. The van der Waals surface area contributed by atoms with E-state index < -0.39 is 0 Å². The third-order valence-electron chi connectivity index (χ3n) is 4.90. The molecule has 0 fully saturated rings. The first kappa shape index (κ1) is 15.9. The summed E-state index contributed by atoms with van der Waals surface area (Å²) in [5.41, 5.74) is 10.1. The van der Waals surface area contributed by atoms with Gasteiger partial charge in [-0.3, -0.25) is 0 Å². The first-order valence-electron chi connectivity index (χ1n) is 8.74. The van der Waals surface area contributed by atoms with Gasteiger partial charge in [0.15, 0.2) is 0 Å². The van der Waals surface area contributed by atoms with Crippen molar-refractivity contribution < 1.29 is 9.84 Å². The van der Waals surface area contributed by atoms with E-state index in [2.05, 4.69) is 68.4 Å². The molecule has 1 aliphatic rings. The Hall–Kier alpha value is -2.58. The lowest BCUT2D eigenvalue weighted by molar-refractivity contribution is 0.201. The molecule has 2 heteroatoms. The third kappa shape index (κ3) is 2.73. The number of fused-ring (bicyclic) bond motifs is 3. The molecule has 1 N–H and O–H groups in total. The molecule has 0 saturated carbocycles. The maximum atomic E-state index is 9.18. The Bertz CT molecular complexity index is 941. The van der Waals surface area contributed by atoms with Gasteiger partial charge in [0.2, 0.25) is 0 Å². The fourth-order valence-electron chi connectivity index (χ4n) is 3.90. The monoisotopic (exact) mass is 330 g/mol. The summed E-state index contributed by atoms with van der Waals surface area (Å²) in [4.78, 5) is 0. The number of rotatable bonds is 4. The standard InChI is InChI=1S/C23H22O2/c1-15-12-16(2)23(25-11-10-24)22(13-15)20-9-5-8-19-18-7-4-3-6-17(18)14-21(19)20/h3-9,12-13,24H,10-11,14H2,1-2H3. The minimum atomic E-state index is 0.0189. The Kier molecular flexibility index (Phi) is 4.06. The van der Waals surface area contributed by atoms with Crippen LogP contribution in [0, 0.1) is 13.8 Å². The van der Waals surface area contributed by atoms with Crippen molar-refractivity contribution in [2.75, 3.05) is 13.2 Å². The van der Waals surface area contributed by atoms with Crippen LogP contribution in [0.4, 0.5) is 0 Å². The van der Waals surface area contributed by atoms with Crippen LogP contribution in [0.15, 0.2) is 54.6 Å². The van der Waals surface area contributed by atoms with Gasteiger partial charge in [-0.15, -0.1) is 0 Å². The van der Waals surface area contributed by atoms with Gasteiger partial charge < -0.3 is 9.84 Å². The van der Waals surface area contributed by atoms with Gasteiger partial charge in [0, 0.05) is 5.56 Å². The average Bonchev–Trinajstić information content (AvgIpc) is 2.99. The molecule has 0 aliphatic heterocycles. The zero-order valence-electron chi connectivity index (χ0n) is 14.7. The van der Waals surface area contributed by atoms with E-state index in [0.29, 0.717) is 6.61 Å². The summed E-state index contributed by atoms with van der Waals surface area (Å²) in [5.74, 6) is 0.879. The third-order valence-corrected chi connectivity index (χ3v) is 4.90. The predicted molar refractivity (Wildman–Crippen MR) is 102 cm³/mol. The molecular formula is C23H22O2. The van der Waals surface area contributed by atoms with Crippen molar-refractivity contribution in [1.29, 1.82) is 0 Å². The molecule has 0 spiro atoms. The van der Waals surface area contributed by atoms with Gasteiger partial charge in [-0.25, -0.2) is 0 Å². The molecule has 0 aromatic heterocycles. The summed E-state index contributed by atoms with van der Waals surface area (Å²) in [6.45, 7) is 4.52. The molecule has 4 rings (SSSR count). The molecule has 2 nitrogen and oxygen atoms in total. The first-order valence-corrected chi connectivity index (χ1v) is 8.74. The molecule has 0 amide bonds. The van der Waals surface area contributed by atoms with Crippen molar-refractivity contribution in [2.24, 2.45) is 0 Å². The number of aliphatic hydroxyl groups excluding tert-OH is 1. The van der Waals surface area contributed by atoms with E-state index >= 15 is 0 Å². The van der Waals surface area contributed by atoms with Crippen LogP contribution < -0.4 is 4.74 Å². The van der Waals surface area contributed by atoms with Gasteiger partial charge >= 0.3 is 0 Å². The molecule has 0 radical (unpaired) electrons. The van der Waals surface area contributed by atoms with E-state index in [1.807, 2.05) is 0 Å². The number of hydrogen-bond donors (Lipinski definition) is 1. The summed E-state index contributed by atoms with van der Waals surface area (Å²) in [5, 5.41) is 9.18. The van der Waals surface area contributed by atoms with Gasteiger partial charge in [0.05, 0.1) is 6.61 Å². The number of hydrogen-bond acceptors (Lipinski definition) is 2. The van der Waals surface area contributed by atoms with Crippen molar-refractivity contribution >= 4 is 0 Å². The molecule has 3 aromatic rings. The van der Waals surface area contributed by atoms with E-state index in [0.717, 1.165) is 23.3 Å². The molecule has 0 saturated heterocycles. The summed E-state index contributed by atoms with van der Waals surface area (Å²) in [6, 6.07) is 19.5. The quantitative estimate of drug-likeness (QED) is 0.576. The van der Waals surface area contributed by atoms with Crippen molar-refractivity contribution in [2.45, 2.75) is 20.3 Å². The van der Waals surface area contributed by atoms with E-state index in [4.69, 9.17) is 4.74 Å². The molecular weight excluding hydrogens is 308 g/mol. The van der Waals surface area contributed by atoms with E-state index in [9.17, 15) is 5.11 Å². The zero-order chi connectivity index (χ0) is 17.4. The van der Waals surface area contributed by atoms with Crippen molar-refractivity contribution in [1.82, 2.24) is 0 Å². The van der Waals surface area contributed by atoms with Gasteiger partial charge in [0.1, 0.15) is 12.4 Å². The lowest BCUT2D eigenvalue weighted by Gasteiger charge is -2.17. The van der Waals surface area contributed by atoms with Crippen LogP contribution in [0.2, 0.25) is 0 Å². The van der Waals surface area contributed by atoms with Crippen molar-refractivity contribution in [3.05, 3.63) is 76.9 Å². The smallest absolute Gasteiger partial charge is 0.130 e. The highest BCUT2D eigenvalue weighted by Gasteiger charge is 2.23. The topological polar surface area (TPSA) is 29.5 Å². The highest BCUT2D eigenvalue weighted by Crippen LogP contribution is 2.44. The normalized spacial score (nSPS) is 12.0. The summed E-state index contributed by atoms with van der Waals surface area (Å²) >= 11 is 0. The van der Waals surface area contributed by atoms with Gasteiger partial charge in [-0.1, -0.05) is 48.5 Å². The number of benzene rings is 3. The Morgan fingerprint density at radius 3 is 2.40 bits per heavy atom. The second-order valence-corrected chi connectivity index (χ2v) is 6.70. The van der Waals surface area contributed by atoms with Crippen molar-refractivity contribution in [3.63, 3.8) is 0 Å². The Labute approximate surface area is 148 Å². The lowest BCUT2D eigenvalue weighted by atomic mass is 9.92. The SMILES string of the molecule is Cc1cc(C)c(OCCO)c(-c2cccc3c2Cc2ccccc2-3)c1. The molecule has 126 valence electrons. The minimum Gasteiger partial charge on any atom is -0.490 e. The minimum absolute atomic E-state index is 0.0189. The maximum absolute atomic E-state index is 9.18. The number of aliphatic hydroxyl groups is 1. The zero-order valence-corrected chi connectivity index (χ0v) is 14.7. The second-order valence-electron chi connectivity index (χ2n) is 6.70. The fraction of sp³-hybridized carbons (Fsp3) is 0.217. The Morgan fingerprint density at radius 1 is 0.880 bits per heavy atom. The van der Waals surface area contributed by atoms with Gasteiger partial charge in [0.25, 0.3) is 0 Å². The molecule has 25 heavy (non-hydrogen) atoms. The molecule has 3 aromatic carbocycles. The molecule has 0 atom stereocenters. The molecule has 1 aliphatic carbocycles. The molecule has 0 unspecified atom stereocenters. The fourth-order valence-corrected chi connectivity index (χ4v) is 3.90. The van der Waals surface area contributed by atoms with Crippen LogP contribution in [0.25, 0.3) is 22.3 Å². The number of aryl methyl sites for hydroxylation is 2. The van der Waals surface area contributed by atoms with Gasteiger partial charge in [-0.2, -0.15) is 0 Å². The predicted octanol–water partition coefficient (Wildman–Crippen LogP) is 4.91. The van der Waals surface area contributed by atoms with E-state index in [1.165, 1.54) is 33.4 Å². The van der Waals surface area contributed by atoms with Crippen LogP contribution in [0.5, 0.6) is 5.75 Å². The lowest BCUT2D eigenvalue weighted by Crippen LogP contribution is -2.05. The highest BCUT2D eigenvalue weighted by atomic mass is 16.5. The summed E-state index contributed by atoms with van der Waals surface area (Å²) in [6.07, 6.45) is 0.952. The van der Waals surface area contributed by atoms with E-state index in [1.54, 1.807) is 0 Å². The first-order chi connectivity index (χ1) is 12.2. The van der Waals surface area contributed by atoms with Crippen LogP contribution in [0.3, 0.4) is 0 Å². The van der Waals surface area contributed by atoms with Crippen molar-refractivity contribution in [3.8, 4) is 28.0 Å². The summed E-state index contributed by atoms with van der Waals surface area (Å²) in [7, 11) is 0. The second kappa shape index (κ2) is 6.38. The summed E-state index contributed by atoms with van der Waals surface area (Å²) < 4.78 is 5.91. The maximum Gasteiger partial charge on any atom is 0.130 e. The van der Waals surface area contributed by atoms with Crippen LogP contribution in [0.1, 0.15) is 22.3 Å². The van der Waals surface area contributed by atoms with Crippen LogP contribution in [-0.4, -0.2) is 18.3 Å².